The number of benzene rings is 9. The monoisotopic (exact) mass is 1180 g/mol. The Labute approximate surface area is 484 Å². The van der Waals surface area contributed by atoms with Gasteiger partial charge in [0.1, 0.15) is 31.9 Å². The van der Waals surface area contributed by atoms with Gasteiger partial charge in [-0.1, -0.05) is 105 Å². The molecule has 18 nitrogen and oxygen atoms in total. The summed E-state index contributed by atoms with van der Waals surface area (Å²) >= 11 is 0. The van der Waals surface area contributed by atoms with Crippen LogP contribution < -0.4 is 12.5 Å². The van der Waals surface area contributed by atoms with E-state index in [0.29, 0.717) is 64.6 Å². The largest absolute Gasteiger partial charge is 0.501 e. The second-order valence-electron chi connectivity index (χ2n) is 21.4. The number of phenolic OH excluding ortho intramolecular Hbond substituents is 3. The summed E-state index contributed by atoms with van der Waals surface area (Å²) in [6.07, 6.45) is 8.02. The van der Waals surface area contributed by atoms with E-state index in [1.54, 1.807) is 44.2 Å². The number of fused-ring (bicyclic) bond motifs is 3. The van der Waals surface area contributed by atoms with E-state index in [9.17, 15) is 56.8 Å². The molecule has 3 N–H and O–H groups in total. The molecule has 84 heavy (non-hydrogen) atoms. The Hall–Kier alpha value is -9.33. The zero-order chi connectivity index (χ0) is 59.2. The van der Waals surface area contributed by atoms with Crippen molar-refractivity contribution in [1.82, 2.24) is 0 Å². The van der Waals surface area contributed by atoms with Gasteiger partial charge in [0.15, 0.2) is 14.9 Å². The molecule has 0 atom stereocenters. The molecule has 0 unspecified atom stereocenters. The normalized spacial score (nSPS) is 14.5. The van der Waals surface area contributed by atoms with Crippen LogP contribution in [0.15, 0.2) is 154 Å². The molecule has 0 amide bonds. The average molecular weight is 1180 g/mol. The van der Waals surface area contributed by atoms with Crippen molar-refractivity contribution in [3.63, 3.8) is 0 Å². The van der Waals surface area contributed by atoms with Crippen molar-refractivity contribution >= 4 is 79.7 Å². The maximum atomic E-state index is 14.9. The third-order valence-electron chi connectivity index (χ3n) is 16.4. The standard InChI is InChI=1S/C63H52N6O12S3/c1-36-32-55(80-83(75,76)58-24-12-20-44-41(58)27-30-52(68-65)62(44)71)49(38-14-5-3-6-15-38)34-47(36)60(46-18-9-10-22-54(46)79-82(73,74)57-23-11-19-43-40(57)26-29-51(67-64)61(43)70)48-35-50(39-16-7-4-8-17-39)56(33-37(48)2)81-84(77,78)59-25-13-21-45-42(59)28-31-53(69-66)63(45)72/h9-13,18-35,38-39,60H,3-8,14-17H2,1-2H3/p+3. The fraction of sp³-hybridized carbons (Fsp3) is 0.238. The summed E-state index contributed by atoms with van der Waals surface area (Å²) in [5.74, 6) is -2.60. The van der Waals surface area contributed by atoms with Crippen molar-refractivity contribution in [3.8, 4) is 34.5 Å². The minimum atomic E-state index is -4.76. The molecule has 0 bridgehead atoms. The first kappa shape index (κ1) is 56.5. The molecule has 0 spiro atoms. The molecule has 9 aromatic carbocycles. The van der Waals surface area contributed by atoms with Crippen LogP contribution in [0.5, 0.6) is 34.5 Å². The average Bonchev–Trinajstić information content (AvgIpc) is 2.63. The number of para-hydroxylation sites is 1. The van der Waals surface area contributed by atoms with Gasteiger partial charge in [-0.3, -0.25) is 0 Å². The third-order valence-corrected chi connectivity index (χ3v) is 20.3. The predicted molar refractivity (Wildman–Crippen MR) is 316 cm³/mol. The topological polar surface area (TPSA) is 275 Å². The van der Waals surface area contributed by atoms with Crippen LogP contribution in [-0.2, 0) is 30.4 Å². The molecule has 11 rings (SSSR count). The maximum Gasteiger partial charge on any atom is 0.426 e. The van der Waals surface area contributed by atoms with Crippen LogP contribution in [0, 0.1) is 30.0 Å². The lowest BCUT2D eigenvalue weighted by atomic mass is 9.75. The van der Waals surface area contributed by atoms with E-state index >= 15 is 0 Å². The van der Waals surface area contributed by atoms with Gasteiger partial charge in [-0.05, 0) is 139 Å². The quantitative estimate of drug-likeness (QED) is 0.0518. The molecule has 0 heterocycles. The van der Waals surface area contributed by atoms with Gasteiger partial charge in [-0.25, -0.2) is 0 Å². The van der Waals surface area contributed by atoms with Gasteiger partial charge >= 0.3 is 47.4 Å². The van der Waals surface area contributed by atoms with Crippen molar-refractivity contribution in [2.45, 2.75) is 110 Å². The fourth-order valence-electron chi connectivity index (χ4n) is 12.3. The molecule has 0 aliphatic heterocycles. The molecule has 9 aromatic rings. The van der Waals surface area contributed by atoms with Gasteiger partial charge in [-0.2, -0.15) is 25.3 Å². The SMILES string of the molecule is Cc1cc(OS(=O)(=O)c2cccc3c(O)c([N+]#N)ccc23)c(C2CCCCC2)cc1C(c1cc(C2CCCCC2)c(OS(=O)(=O)c2cccc3c(O)c([N+]#N)ccc23)cc1C)c1ccccc1OS(=O)(=O)c1cccc2c(O)c([N+]#N)ccc12. The Balaban J connectivity index is 1.11. The second-order valence-corrected chi connectivity index (χ2v) is 25.9. The Morgan fingerprint density at radius 3 is 1.11 bits per heavy atom. The van der Waals surface area contributed by atoms with Gasteiger partial charge < -0.3 is 27.9 Å². The first-order valence-electron chi connectivity index (χ1n) is 27.3. The number of aromatic hydroxyl groups is 3. The summed E-state index contributed by atoms with van der Waals surface area (Å²) in [4.78, 5) is 8.59. The minimum absolute atomic E-state index is 0.0610. The highest BCUT2D eigenvalue weighted by molar-refractivity contribution is 7.88. The number of phenols is 3. The van der Waals surface area contributed by atoms with E-state index in [2.05, 4.69) is 14.9 Å². The molecule has 424 valence electrons. The molecule has 0 saturated heterocycles. The summed E-state index contributed by atoms with van der Waals surface area (Å²) in [5, 5.41) is 62.1. The van der Waals surface area contributed by atoms with Crippen molar-refractivity contribution in [2.75, 3.05) is 0 Å². The number of rotatable bonds is 14. The molecule has 21 heteroatoms. The third kappa shape index (κ3) is 10.4. The smallest absolute Gasteiger partial charge is 0.426 e. The van der Waals surface area contributed by atoms with E-state index in [1.165, 1.54) is 97.1 Å². The first-order valence-corrected chi connectivity index (χ1v) is 31.6. The highest BCUT2D eigenvalue weighted by Crippen LogP contribution is 2.50. The number of hydrogen-bond acceptors (Lipinski definition) is 15. The molecular formula is C63H55N6O12S3+3. The van der Waals surface area contributed by atoms with Crippen LogP contribution in [0.4, 0.5) is 17.1 Å². The van der Waals surface area contributed by atoms with Gasteiger partial charge in [0.05, 0.1) is 0 Å². The van der Waals surface area contributed by atoms with Crippen molar-refractivity contribution in [3.05, 3.63) is 193 Å². The molecule has 2 aliphatic carbocycles. The summed E-state index contributed by atoms with van der Waals surface area (Å²) in [6, 6.07) is 34.7. The first-order chi connectivity index (χ1) is 40.3. The van der Waals surface area contributed by atoms with E-state index in [-0.39, 0.29) is 93.2 Å². The number of hydrogen-bond donors (Lipinski definition) is 3. The van der Waals surface area contributed by atoms with E-state index in [1.807, 2.05) is 12.1 Å². The lowest BCUT2D eigenvalue weighted by molar-refractivity contribution is 0.428. The Bertz CT molecular complexity index is 4470. The van der Waals surface area contributed by atoms with Crippen LogP contribution in [-0.4, -0.2) is 40.6 Å². The highest BCUT2D eigenvalue weighted by Gasteiger charge is 2.35. The lowest BCUT2D eigenvalue weighted by Crippen LogP contribution is -2.18. The summed E-state index contributed by atoms with van der Waals surface area (Å²) < 4.78 is 107. The fourth-order valence-corrected chi connectivity index (χ4v) is 15.7. The van der Waals surface area contributed by atoms with Crippen LogP contribution in [0.1, 0.15) is 121 Å². The van der Waals surface area contributed by atoms with Crippen LogP contribution >= 0.6 is 0 Å². The summed E-state index contributed by atoms with van der Waals surface area (Å²) in [5.41, 5.74) is 3.30. The Morgan fingerprint density at radius 2 is 0.750 bits per heavy atom. The maximum absolute atomic E-state index is 14.9. The van der Waals surface area contributed by atoms with Crippen molar-refractivity contribution < 1.29 is 53.1 Å². The Morgan fingerprint density at radius 1 is 0.405 bits per heavy atom. The van der Waals surface area contributed by atoms with Gasteiger partial charge in [-0.15, -0.1) is 0 Å². The second kappa shape index (κ2) is 22.4. The zero-order valence-electron chi connectivity index (χ0n) is 45.5. The Kier molecular flexibility index (Phi) is 15.1. The number of nitrogens with zero attached hydrogens (tertiary/aromatic N) is 6. The minimum Gasteiger partial charge on any atom is -0.501 e. The van der Waals surface area contributed by atoms with Crippen LogP contribution in [0.25, 0.3) is 47.2 Å². The van der Waals surface area contributed by atoms with Crippen molar-refractivity contribution in [1.29, 1.82) is 16.2 Å². The zero-order valence-corrected chi connectivity index (χ0v) is 48.0. The van der Waals surface area contributed by atoms with Crippen LogP contribution in [0.3, 0.4) is 0 Å². The van der Waals surface area contributed by atoms with Gasteiger partial charge in [0.2, 0.25) is 33.4 Å². The lowest BCUT2D eigenvalue weighted by Gasteiger charge is -2.30. The molecule has 0 radical (unpaired) electrons. The van der Waals surface area contributed by atoms with E-state index in [4.69, 9.17) is 12.5 Å². The van der Waals surface area contributed by atoms with Gasteiger partial charge in [0.25, 0.3) is 0 Å². The van der Waals surface area contributed by atoms with E-state index in [0.717, 1.165) is 38.5 Å². The molecule has 2 aliphatic rings. The molecule has 2 fully saturated rings. The van der Waals surface area contributed by atoms with E-state index < -0.39 is 53.5 Å². The summed E-state index contributed by atoms with van der Waals surface area (Å²) in [7, 11) is -14.1. The van der Waals surface area contributed by atoms with Crippen molar-refractivity contribution in [2.24, 2.45) is 0 Å². The van der Waals surface area contributed by atoms with Gasteiger partial charge in [0, 0.05) is 62.0 Å². The molecule has 0 aromatic heterocycles. The predicted octanol–water partition coefficient (Wildman–Crippen LogP) is 15.9. The summed E-state index contributed by atoms with van der Waals surface area (Å²) in [6.45, 7) is 3.58. The van der Waals surface area contributed by atoms with Crippen LogP contribution in [0.2, 0.25) is 0 Å². The number of diazo groups is 3. The highest BCUT2D eigenvalue weighted by atomic mass is 32.2. The number of aryl methyl sites for hydroxylation is 2. The molecule has 2 saturated carbocycles. The molecular weight excluding hydrogens is 1130 g/mol.